The molecule has 1 N–H and O–H groups in total. The normalized spacial score (nSPS) is 46.7. The van der Waals surface area contributed by atoms with Crippen LogP contribution in [0.15, 0.2) is 23.6 Å². The van der Waals surface area contributed by atoms with Gasteiger partial charge in [0.25, 0.3) is 0 Å². The van der Waals surface area contributed by atoms with Crippen LogP contribution in [0.25, 0.3) is 0 Å². The van der Waals surface area contributed by atoms with Crippen molar-refractivity contribution in [2.45, 2.75) is 83.3 Å². The first-order valence-electron chi connectivity index (χ1n) is 12.2. The van der Waals surface area contributed by atoms with Gasteiger partial charge in [-0.05, 0) is 44.6 Å². The van der Waals surface area contributed by atoms with Gasteiger partial charge in [-0.25, -0.2) is 17.6 Å². The van der Waals surface area contributed by atoms with E-state index in [1.165, 1.54) is 6.92 Å². The number of aliphatic hydroxyl groups excluding tert-OH is 1. The number of ether oxygens (including phenoxy) is 1. The maximum absolute atomic E-state index is 17.2. The van der Waals surface area contributed by atoms with Crippen LogP contribution in [0.4, 0.5) is 17.6 Å². The average molecular weight is 501 g/mol. The van der Waals surface area contributed by atoms with Gasteiger partial charge in [-0.2, -0.15) is 0 Å². The van der Waals surface area contributed by atoms with Gasteiger partial charge in [0.15, 0.2) is 23.8 Å². The molecule has 3 saturated carbocycles. The van der Waals surface area contributed by atoms with Crippen LogP contribution in [0, 0.1) is 28.6 Å². The van der Waals surface area contributed by atoms with Crippen LogP contribution in [-0.2, 0) is 19.1 Å². The Morgan fingerprint density at radius 2 is 1.89 bits per heavy atom. The van der Waals surface area contributed by atoms with Gasteiger partial charge in [-0.15, -0.1) is 0 Å². The molecule has 35 heavy (non-hydrogen) atoms. The zero-order valence-corrected chi connectivity index (χ0v) is 20.4. The van der Waals surface area contributed by atoms with Crippen LogP contribution in [0.1, 0.15) is 59.8 Å². The summed E-state index contributed by atoms with van der Waals surface area (Å²) in [7, 11) is 0. The minimum Gasteiger partial charge on any atom is -0.450 e. The lowest BCUT2D eigenvalue weighted by Crippen LogP contribution is -2.71. The lowest BCUT2D eigenvalue weighted by molar-refractivity contribution is -0.231. The van der Waals surface area contributed by atoms with E-state index in [1.54, 1.807) is 20.8 Å². The number of allylic oxidation sites excluding steroid dienone is 4. The largest absolute Gasteiger partial charge is 0.450 e. The summed E-state index contributed by atoms with van der Waals surface area (Å²) in [6, 6.07) is 0. The Labute approximate surface area is 202 Å². The van der Waals surface area contributed by atoms with Gasteiger partial charge >= 0.3 is 5.97 Å². The summed E-state index contributed by atoms with van der Waals surface area (Å²) in [4.78, 5) is 37.6. The minimum absolute atomic E-state index is 0.00923. The number of rotatable bonds is 5. The molecule has 3 fully saturated rings. The highest BCUT2D eigenvalue weighted by molar-refractivity contribution is 6.04. The predicted molar refractivity (Wildman–Crippen MR) is 118 cm³/mol. The summed E-state index contributed by atoms with van der Waals surface area (Å²) in [5.41, 5.74) is -8.45. The second kappa shape index (κ2) is 8.25. The first-order valence-corrected chi connectivity index (χ1v) is 12.2. The van der Waals surface area contributed by atoms with Crippen LogP contribution < -0.4 is 0 Å². The van der Waals surface area contributed by atoms with E-state index >= 15 is 8.78 Å². The lowest BCUT2D eigenvalue weighted by atomic mass is 9.44. The van der Waals surface area contributed by atoms with Crippen LogP contribution in [0.3, 0.4) is 0 Å². The van der Waals surface area contributed by atoms with Crippen LogP contribution in [0.5, 0.6) is 0 Å². The quantitative estimate of drug-likeness (QED) is 0.445. The van der Waals surface area contributed by atoms with E-state index in [4.69, 9.17) is 4.74 Å². The monoisotopic (exact) mass is 500 g/mol. The SMILES string of the molecule is CCCC(=O)O[C@@]1(C(=O)CF)[C@H](C)C[C@H]2[C@@H]3C[C@H](F)C4=C(F)C(=O)C=C[C@]4(C)[C@@]3(F)[C@@H](O)C[C@@]21C. The molecule has 0 amide bonds. The molecule has 9 atom stereocenters. The van der Waals surface area contributed by atoms with Crippen molar-refractivity contribution in [3.63, 3.8) is 0 Å². The number of carbonyl (C=O) groups excluding carboxylic acids is 3. The van der Waals surface area contributed by atoms with E-state index in [1.807, 2.05) is 0 Å². The van der Waals surface area contributed by atoms with E-state index < -0.39 is 94.2 Å². The smallest absolute Gasteiger partial charge is 0.306 e. The Bertz CT molecular complexity index is 1030. The second-order valence-electron chi connectivity index (χ2n) is 11.1. The van der Waals surface area contributed by atoms with Gasteiger partial charge in [0, 0.05) is 34.7 Å². The fourth-order valence-electron chi connectivity index (χ4n) is 8.02. The van der Waals surface area contributed by atoms with Gasteiger partial charge in [0.2, 0.25) is 11.6 Å². The highest BCUT2D eigenvalue weighted by Gasteiger charge is 2.78. The Kier molecular flexibility index (Phi) is 6.14. The zero-order valence-electron chi connectivity index (χ0n) is 20.4. The van der Waals surface area contributed by atoms with Crippen molar-refractivity contribution < 1.29 is 41.8 Å². The highest BCUT2D eigenvalue weighted by atomic mass is 19.2. The first-order chi connectivity index (χ1) is 16.3. The fourth-order valence-corrected chi connectivity index (χ4v) is 8.02. The molecule has 4 aliphatic carbocycles. The van der Waals surface area contributed by atoms with E-state index in [9.17, 15) is 28.3 Å². The number of carbonyl (C=O) groups is 3. The van der Waals surface area contributed by atoms with Crippen LogP contribution >= 0.6 is 0 Å². The molecule has 0 aromatic heterocycles. The van der Waals surface area contributed by atoms with Crippen LogP contribution in [-0.4, -0.2) is 52.9 Å². The maximum Gasteiger partial charge on any atom is 0.306 e. The molecule has 0 saturated heterocycles. The van der Waals surface area contributed by atoms with Crippen molar-refractivity contribution in [2.24, 2.45) is 28.6 Å². The van der Waals surface area contributed by atoms with Crippen molar-refractivity contribution in [3.8, 4) is 0 Å². The third kappa shape index (κ3) is 3.05. The van der Waals surface area contributed by atoms with Gasteiger partial charge in [0.05, 0.1) is 6.10 Å². The van der Waals surface area contributed by atoms with Crippen molar-refractivity contribution in [1.29, 1.82) is 0 Å². The van der Waals surface area contributed by atoms with Crippen molar-refractivity contribution in [3.05, 3.63) is 23.6 Å². The first kappa shape index (κ1) is 26.0. The molecule has 0 bridgehead atoms. The van der Waals surface area contributed by atoms with Crippen molar-refractivity contribution >= 4 is 17.5 Å². The summed E-state index contributed by atoms with van der Waals surface area (Å²) in [6.07, 6.45) is -2.21. The van der Waals surface area contributed by atoms with E-state index in [2.05, 4.69) is 0 Å². The topological polar surface area (TPSA) is 80.7 Å². The molecule has 0 unspecified atom stereocenters. The van der Waals surface area contributed by atoms with Crippen molar-refractivity contribution in [1.82, 2.24) is 0 Å². The zero-order chi connectivity index (χ0) is 26.1. The molecule has 4 aliphatic rings. The summed E-state index contributed by atoms with van der Waals surface area (Å²) in [5.74, 6) is -6.77. The third-order valence-electron chi connectivity index (χ3n) is 9.51. The number of esters is 1. The highest BCUT2D eigenvalue weighted by Crippen LogP contribution is 2.72. The Morgan fingerprint density at radius 3 is 2.49 bits per heavy atom. The molecule has 0 aromatic rings. The molecular formula is C26H32F4O5. The maximum atomic E-state index is 17.2. The molecule has 0 radical (unpaired) electrons. The van der Waals surface area contributed by atoms with Gasteiger partial charge in [0.1, 0.15) is 6.17 Å². The number of aliphatic hydroxyl groups is 1. The number of hydrogen-bond acceptors (Lipinski definition) is 5. The predicted octanol–water partition coefficient (Wildman–Crippen LogP) is 4.47. The molecule has 0 spiro atoms. The molecule has 4 rings (SSSR count). The minimum atomic E-state index is -2.56. The number of Topliss-reactive ketones (excluding diaryl/α,β-unsaturated/α-hetero) is 1. The number of halogens is 4. The Morgan fingerprint density at radius 1 is 1.23 bits per heavy atom. The molecule has 9 heteroatoms. The Hall–Kier alpha value is -2.03. The number of hydrogen-bond donors (Lipinski definition) is 1. The van der Waals surface area contributed by atoms with Gasteiger partial charge < -0.3 is 9.84 Å². The summed E-state index contributed by atoms with van der Waals surface area (Å²) < 4.78 is 67.2. The lowest BCUT2D eigenvalue weighted by Gasteiger charge is -2.63. The molecule has 0 aromatic carbocycles. The molecule has 5 nitrogen and oxygen atoms in total. The van der Waals surface area contributed by atoms with E-state index in [0.717, 1.165) is 12.2 Å². The fraction of sp³-hybridized carbons (Fsp3) is 0.731. The third-order valence-corrected chi connectivity index (χ3v) is 9.51. The molecule has 0 aliphatic heterocycles. The molecule has 0 heterocycles. The van der Waals surface area contributed by atoms with Crippen LogP contribution in [0.2, 0.25) is 0 Å². The molecular weight excluding hydrogens is 468 g/mol. The van der Waals surface area contributed by atoms with Crippen molar-refractivity contribution in [2.75, 3.05) is 6.67 Å². The molecule has 194 valence electrons. The summed E-state index contributed by atoms with van der Waals surface area (Å²) in [5, 5.41) is 11.3. The summed E-state index contributed by atoms with van der Waals surface area (Å²) >= 11 is 0. The number of alkyl halides is 3. The average Bonchev–Trinajstić information content (AvgIpc) is 3.00. The standard InChI is InChI=1S/C26H32F4O5/c1-5-6-20(34)35-26(19(33)12-27)13(2)9-14-15-10-16(28)21-22(29)17(31)7-8-23(21,3)25(15,30)18(32)11-24(14,26)4/h7-8,13-16,18,32H,5-6,9-12H2,1-4H3/t13-,14+,15+,16+,18+,23+,24+,25+,26-/m1/s1. The summed E-state index contributed by atoms with van der Waals surface area (Å²) in [6.45, 7) is 4.78. The van der Waals surface area contributed by atoms with E-state index in [0.29, 0.717) is 6.42 Å². The van der Waals surface area contributed by atoms with E-state index in [-0.39, 0.29) is 19.3 Å². The van der Waals surface area contributed by atoms with Gasteiger partial charge in [-0.1, -0.05) is 26.8 Å². The second-order valence-corrected chi connectivity index (χ2v) is 11.1. The Balaban J connectivity index is 1.88. The van der Waals surface area contributed by atoms with Gasteiger partial charge in [-0.3, -0.25) is 14.4 Å². The number of fused-ring (bicyclic) bond motifs is 5. The number of ketones is 2.